The second kappa shape index (κ2) is 5.70. The van der Waals surface area contributed by atoms with Gasteiger partial charge in [-0.25, -0.2) is 0 Å². The molecule has 3 aromatic rings. The standard InChI is InChI=1S/C18H13N3O2/c19-9-14-10-21(15-5-1-13(2-6-15)18(20)23)11-17(14)12-3-7-16(22)8-4-12/h1-8,10-11,22H,(H2,20,23). The Morgan fingerprint density at radius 3 is 2.26 bits per heavy atom. The summed E-state index contributed by atoms with van der Waals surface area (Å²) in [5.74, 6) is -0.305. The van der Waals surface area contributed by atoms with Crippen molar-refractivity contribution >= 4 is 5.91 Å². The Bertz CT molecular complexity index is 901. The number of phenolic OH excluding ortho intramolecular Hbond substituents is 1. The first-order valence-corrected chi connectivity index (χ1v) is 6.90. The minimum atomic E-state index is -0.480. The Hall–Kier alpha value is -3.52. The molecular formula is C18H13N3O2. The van der Waals surface area contributed by atoms with Gasteiger partial charge in [-0.05, 0) is 42.0 Å². The zero-order valence-electron chi connectivity index (χ0n) is 12.1. The van der Waals surface area contributed by atoms with E-state index in [9.17, 15) is 15.2 Å². The maximum absolute atomic E-state index is 11.1. The van der Waals surface area contributed by atoms with Gasteiger partial charge in [0.25, 0.3) is 0 Å². The Morgan fingerprint density at radius 2 is 1.70 bits per heavy atom. The lowest BCUT2D eigenvalue weighted by atomic mass is 10.1. The number of hydrogen-bond acceptors (Lipinski definition) is 3. The van der Waals surface area contributed by atoms with Gasteiger partial charge in [-0.1, -0.05) is 12.1 Å². The number of carbonyl (C=O) groups is 1. The molecule has 0 bridgehead atoms. The lowest BCUT2D eigenvalue weighted by Crippen LogP contribution is -2.10. The van der Waals surface area contributed by atoms with Crippen molar-refractivity contribution in [1.29, 1.82) is 5.26 Å². The van der Waals surface area contributed by atoms with E-state index in [1.807, 2.05) is 10.8 Å². The number of nitriles is 1. The van der Waals surface area contributed by atoms with Gasteiger partial charge in [0.1, 0.15) is 11.8 Å². The molecule has 1 aromatic heterocycles. The molecule has 2 aromatic carbocycles. The number of hydrogen-bond donors (Lipinski definition) is 2. The van der Waals surface area contributed by atoms with Crippen molar-refractivity contribution in [3.8, 4) is 28.6 Å². The van der Waals surface area contributed by atoms with Crippen LogP contribution in [0.2, 0.25) is 0 Å². The van der Waals surface area contributed by atoms with Gasteiger partial charge >= 0.3 is 0 Å². The summed E-state index contributed by atoms with van der Waals surface area (Å²) in [4.78, 5) is 11.1. The molecule has 23 heavy (non-hydrogen) atoms. The van der Waals surface area contributed by atoms with E-state index < -0.39 is 5.91 Å². The minimum absolute atomic E-state index is 0.175. The summed E-state index contributed by atoms with van der Waals surface area (Å²) in [6.45, 7) is 0. The average molecular weight is 303 g/mol. The van der Waals surface area contributed by atoms with E-state index in [1.165, 1.54) is 0 Å². The zero-order chi connectivity index (χ0) is 16.4. The van der Waals surface area contributed by atoms with E-state index >= 15 is 0 Å². The third-order valence-electron chi connectivity index (χ3n) is 3.58. The molecule has 0 radical (unpaired) electrons. The van der Waals surface area contributed by atoms with E-state index in [1.54, 1.807) is 54.7 Å². The van der Waals surface area contributed by atoms with Crippen molar-refractivity contribution in [3.63, 3.8) is 0 Å². The summed E-state index contributed by atoms with van der Waals surface area (Å²) in [5.41, 5.74) is 8.61. The third kappa shape index (κ3) is 2.78. The first kappa shape index (κ1) is 14.4. The Balaban J connectivity index is 2.03. The molecule has 1 heterocycles. The topological polar surface area (TPSA) is 92.0 Å². The van der Waals surface area contributed by atoms with E-state index in [0.29, 0.717) is 11.1 Å². The van der Waals surface area contributed by atoms with Gasteiger partial charge in [0, 0.05) is 29.2 Å². The molecule has 0 atom stereocenters. The van der Waals surface area contributed by atoms with Gasteiger partial charge in [0.15, 0.2) is 0 Å². The van der Waals surface area contributed by atoms with Crippen LogP contribution in [-0.4, -0.2) is 15.6 Å². The van der Waals surface area contributed by atoms with E-state index in [2.05, 4.69) is 6.07 Å². The highest BCUT2D eigenvalue weighted by atomic mass is 16.3. The molecule has 3 rings (SSSR count). The maximum Gasteiger partial charge on any atom is 0.248 e. The summed E-state index contributed by atoms with van der Waals surface area (Å²) >= 11 is 0. The molecule has 0 saturated carbocycles. The van der Waals surface area contributed by atoms with Crippen LogP contribution in [0, 0.1) is 11.3 Å². The lowest BCUT2D eigenvalue weighted by Gasteiger charge is -2.03. The predicted molar refractivity (Wildman–Crippen MR) is 86.1 cm³/mol. The summed E-state index contributed by atoms with van der Waals surface area (Å²) < 4.78 is 1.81. The van der Waals surface area contributed by atoms with Gasteiger partial charge in [-0.15, -0.1) is 0 Å². The van der Waals surface area contributed by atoms with Crippen molar-refractivity contribution in [2.24, 2.45) is 5.73 Å². The highest BCUT2D eigenvalue weighted by Crippen LogP contribution is 2.27. The van der Waals surface area contributed by atoms with E-state index in [4.69, 9.17) is 5.73 Å². The minimum Gasteiger partial charge on any atom is -0.508 e. The quantitative estimate of drug-likeness (QED) is 0.779. The molecule has 0 unspecified atom stereocenters. The summed E-state index contributed by atoms with van der Waals surface area (Å²) in [6, 6.07) is 15.7. The average Bonchev–Trinajstić information content (AvgIpc) is 3.00. The number of nitrogens with two attached hydrogens (primary N) is 1. The molecule has 5 heteroatoms. The third-order valence-corrected chi connectivity index (χ3v) is 3.58. The van der Waals surface area contributed by atoms with Crippen molar-refractivity contribution in [2.45, 2.75) is 0 Å². The van der Waals surface area contributed by atoms with Crippen LogP contribution in [0.25, 0.3) is 16.8 Å². The van der Waals surface area contributed by atoms with Crippen LogP contribution < -0.4 is 5.73 Å². The van der Waals surface area contributed by atoms with Crippen LogP contribution in [0.5, 0.6) is 5.75 Å². The number of nitrogens with zero attached hydrogens (tertiary/aromatic N) is 2. The molecule has 0 fully saturated rings. The first-order chi connectivity index (χ1) is 11.1. The van der Waals surface area contributed by atoms with Crippen LogP contribution in [0.15, 0.2) is 60.9 Å². The Labute approximate surface area is 132 Å². The van der Waals surface area contributed by atoms with Gasteiger partial charge in [0.2, 0.25) is 5.91 Å². The van der Waals surface area contributed by atoms with Gasteiger partial charge in [-0.2, -0.15) is 5.26 Å². The number of benzene rings is 2. The van der Waals surface area contributed by atoms with Crippen LogP contribution in [0.1, 0.15) is 15.9 Å². The molecule has 3 N–H and O–H groups in total. The highest BCUT2D eigenvalue weighted by Gasteiger charge is 2.10. The molecule has 0 saturated heterocycles. The van der Waals surface area contributed by atoms with Crippen molar-refractivity contribution in [3.05, 3.63) is 72.1 Å². The fourth-order valence-electron chi connectivity index (χ4n) is 2.36. The smallest absolute Gasteiger partial charge is 0.248 e. The first-order valence-electron chi connectivity index (χ1n) is 6.90. The van der Waals surface area contributed by atoms with Gasteiger partial charge in [0.05, 0.1) is 5.56 Å². The predicted octanol–water partition coefficient (Wildman–Crippen LogP) is 2.82. The lowest BCUT2D eigenvalue weighted by molar-refractivity contribution is 0.100. The van der Waals surface area contributed by atoms with Crippen molar-refractivity contribution in [1.82, 2.24) is 4.57 Å². The summed E-state index contributed by atoms with van der Waals surface area (Å²) in [5, 5.41) is 18.7. The van der Waals surface area contributed by atoms with E-state index in [0.717, 1.165) is 16.8 Å². The van der Waals surface area contributed by atoms with Crippen molar-refractivity contribution in [2.75, 3.05) is 0 Å². The Morgan fingerprint density at radius 1 is 1.04 bits per heavy atom. The molecule has 1 amide bonds. The van der Waals surface area contributed by atoms with Gasteiger partial charge in [-0.3, -0.25) is 4.79 Å². The summed E-state index contributed by atoms with van der Waals surface area (Å²) in [6.07, 6.45) is 3.56. The number of phenols is 1. The number of rotatable bonds is 3. The fraction of sp³-hybridized carbons (Fsp3) is 0. The number of primary amides is 1. The molecule has 0 spiro atoms. The molecule has 0 aliphatic rings. The van der Waals surface area contributed by atoms with Crippen LogP contribution in [0.3, 0.4) is 0 Å². The largest absolute Gasteiger partial charge is 0.508 e. The van der Waals surface area contributed by atoms with Gasteiger partial charge < -0.3 is 15.4 Å². The number of aromatic nitrogens is 1. The molecule has 112 valence electrons. The maximum atomic E-state index is 11.1. The highest BCUT2D eigenvalue weighted by molar-refractivity contribution is 5.92. The number of carbonyl (C=O) groups excluding carboxylic acids is 1. The number of aromatic hydroxyl groups is 1. The normalized spacial score (nSPS) is 10.2. The second-order valence-corrected chi connectivity index (χ2v) is 5.06. The molecular weight excluding hydrogens is 290 g/mol. The molecule has 0 aliphatic carbocycles. The molecule has 0 aliphatic heterocycles. The second-order valence-electron chi connectivity index (χ2n) is 5.06. The van der Waals surface area contributed by atoms with Crippen LogP contribution in [0.4, 0.5) is 0 Å². The molecule has 5 nitrogen and oxygen atoms in total. The van der Waals surface area contributed by atoms with Crippen LogP contribution >= 0.6 is 0 Å². The number of amides is 1. The Kier molecular flexibility index (Phi) is 3.57. The fourth-order valence-corrected chi connectivity index (χ4v) is 2.36. The monoisotopic (exact) mass is 303 g/mol. The zero-order valence-corrected chi connectivity index (χ0v) is 12.1. The van der Waals surface area contributed by atoms with Crippen molar-refractivity contribution < 1.29 is 9.90 Å². The van der Waals surface area contributed by atoms with E-state index in [-0.39, 0.29) is 5.75 Å². The van der Waals surface area contributed by atoms with Crippen LogP contribution in [-0.2, 0) is 0 Å². The SMILES string of the molecule is N#Cc1cn(-c2ccc(C(N)=O)cc2)cc1-c1ccc(O)cc1. The summed E-state index contributed by atoms with van der Waals surface area (Å²) in [7, 11) is 0.